The lowest BCUT2D eigenvalue weighted by molar-refractivity contribution is -0.872. The molecule has 0 unspecified atom stereocenters. The zero-order chi connectivity index (χ0) is 20.9. The standard InChI is InChI=1S/C24H25N5O/c1-28(2)16-19-9-7-18(8-10-19)15-25-24(30)21-13-11-20(12-14-21)17-29-23-6-4-3-5-22(23)26-27-29/h3-14H,15-17H2,1-2H3,(H,25,30)/p+1. The molecule has 0 saturated carbocycles. The first-order valence-corrected chi connectivity index (χ1v) is 10.1. The highest BCUT2D eigenvalue weighted by Gasteiger charge is 2.08. The molecule has 0 spiro atoms. The lowest BCUT2D eigenvalue weighted by atomic mass is 10.1. The molecule has 2 N–H and O–H groups in total. The van der Waals surface area contributed by atoms with Gasteiger partial charge < -0.3 is 10.2 Å². The number of hydrogen-bond donors (Lipinski definition) is 2. The predicted octanol–water partition coefficient (Wildman–Crippen LogP) is 2.05. The van der Waals surface area contributed by atoms with Crippen LogP contribution in [0.3, 0.4) is 0 Å². The second-order valence-electron chi connectivity index (χ2n) is 7.82. The molecule has 6 nitrogen and oxygen atoms in total. The molecule has 30 heavy (non-hydrogen) atoms. The maximum absolute atomic E-state index is 12.5. The average Bonchev–Trinajstić information content (AvgIpc) is 3.16. The van der Waals surface area contributed by atoms with Gasteiger partial charge in [-0.15, -0.1) is 5.10 Å². The van der Waals surface area contributed by atoms with Gasteiger partial charge in [-0.3, -0.25) is 4.79 Å². The molecule has 6 heteroatoms. The minimum absolute atomic E-state index is 0.0745. The van der Waals surface area contributed by atoms with Crippen LogP contribution in [0.4, 0.5) is 0 Å². The number of rotatable bonds is 7. The number of hydrogen-bond acceptors (Lipinski definition) is 3. The highest BCUT2D eigenvalue weighted by Crippen LogP contribution is 2.13. The zero-order valence-electron chi connectivity index (χ0n) is 17.3. The van der Waals surface area contributed by atoms with Crippen molar-refractivity contribution in [3.63, 3.8) is 0 Å². The van der Waals surface area contributed by atoms with E-state index in [1.165, 1.54) is 10.5 Å². The van der Waals surface area contributed by atoms with Crippen molar-refractivity contribution in [1.29, 1.82) is 0 Å². The molecule has 1 amide bonds. The van der Waals surface area contributed by atoms with E-state index in [2.05, 4.69) is 54.0 Å². The number of para-hydroxylation sites is 1. The van der Waals surface area contributed by atoms with E-state index < -0.39 is 0 Å². The number of aromatic nitrogens is 3. The molecule has 152 valence electrons. The third kappa shape index (κ3) is 4.72. The van der Waals surface area contributed by atoms with E-state index in [1.807, 2.05) is 53.2 Å². The predicted molar refractivity (Wildman–Crippen MR) is 117 cm³/mol. The molecule has 1 aromatic heterocycles. The van der Waals surface area contributed by atoms with E-state index >= 15 is 0 Å². The van der Waals surface area contributed by atoms with Crippen molar-refractivity contribution in [2.24, 2.45) is 0 Å². The lowest BCUT2D eigenvalue weighted by Gasteiger charge is -2.09. The van der Waals surface area contributed by atoms with Gasteiger partial charge in [0.15, 0.2) is 0 Å². The summed E-state index contributed by atoms with van der Waals surface area (Å²) in [5.41, 5.74) is 5.98. The van der Waals surface area contributed by atoms with E-state index in [1.54, 1.807) is 0 Å². The second-order valence-corrected chi connectivity index (χ2v) is 7.82. The zero-order valence-corrected chi connectivity index (χ0v) is 17.3. The van der Waals surface area contributed by atoms with Crippen molar-refractivity contribution < 1.29 is 9.69 Å². The van der Waals surface area contributed by atoms with Gasteiger partial charge in [-0.25, -0.2) is 4.68 Å². The van der Waals surface area contributed by atoms with E-state index in [9.17, 15) is 4.79 Å². The maximum Gasteiger partial charge on any atom is 0.251 e. The van der Waals surface area contributed by atoms with Gasteiger partial charge in [0.05, 0.1) is 26.2 Å². The van der Waals surface area contributed by atoms with Gasteiger partial charge in [-0.1, -0.05) is 53.7 Å². The van der Waals surface area contributed by atoms with Gasteiger partial charge in [0.2, 0.25) is 0 Å². The van der Waals surface area contributed by atoms with Crippen LogP contribution < -0.4 is 10.2 Å². The molecule has 1 heterocycles. The van der Waals surface area contributed by atoms with Crippen molar-refractivity contribution in [3.8, 4) is 0 Å². The first-order valence-electron chi connectivity index (χ1n) is 10.1. The summed E-state index contributed by atoms with van der Waals surface area (Å²) >= 11 is 0. The molecule has 3 aromatic carbocycles. The summed E-state index contributed by atoms with van der Waals surface area (Å²) in [6, 6.07) is 23.9. The van der Waals surface area contributed by atoms with Gasteiger partial charge >= 0.3 is 0 Å². The van der Waals surface area contributed by atoms with Crippen molar-refractivity contribution in [2.75, 3.05) is 14.1 Å². The van der Waals surface area contributed by atoms with Gasteiger partial charge in [0, 0.05) is 17.7 Å². The van der Waals surface area contributed by atoms with Gasteiger partial charge in [0.25, 0.3) is 5.91 Å². The Morgan fingerprint density at radius 3 is 2.30 bits per heavy atom. The largest absolute Gasteiger partial charge is 0.348 e. The van der Waals surface area contributed by atoms with Crippen molar-refractivity contribution in [1.82, 2.24) is 20.3 Å². The van der Waals surface area contributed by atoms with Gasteiger partial charge in [-0.2, -0.15) is 0 Å². The summed E-state index contributed by atoms with van der Waals surface area (Å²) in [7, 11) is 4.26. The fraction of sp³-hybridized carbons (Fsp3) is 0.208. The van der Waals surface area contributed by atoms with Crippen LogP contribution in [0, 0.1) is 0 Å². The summed E-state index contributed by atoms with van der Waals surface area (Å²) < 4.78 is 1.87. The molecule has 0 atom stereocenters. The fourth-order valence-corrected chi connectivity index (χ4v) is 3.44. The fourth-order valence-electron chi connectivity index (χ4n) is 3.44. The maximum atomic E-state index is 12.5. The van der Waals surface area contributed by atoms with Crippen LogP contribution >= 0.6 is 0 Å². The highest BCUT2D eigenvalue weighted by molar-refractivity contribution is 5.94. The lowest BCUT2D eigenvalue weighted by Crippen LogP contribution is -3.04. The number of nitrogens with one attached hydrogen (secondary N) is 2. The smallest absolute Gasteiger partial charge is 0.251 e. The molecular formula is C24H26N5O+. The van der Waals surface area contributed by atoms with Crippen molar-refractivity contribution in [3.05, 3.63) is 95.1 Å². The number of benzene rings is 3. The summed E-state index contributed by atoms with van der Waals surface area (Å²) in [5.74, 6) is -0.0745. The van der Waals surface area contributed by atoms with Crippen LogP contribution in [0.15, 0.2) is 72.8 Å². The number of quaternary nitrogens is 1. The van der Waals surface area contributed by atoms with E-state index in [0.717, 1.165) is 28.7 Å². The Morgan fingerprint density at radius 1 is 0.900 bits per heavy atom. The Balaban J connectivity index is 1.35. The first-order chi connectivity index (χ1) is 14.6. The van der Waals surface area contributed by atoms with Crippen LogP contribution in [-0.4, -0.2) is 35.0 Å². The third-order valence-corrected chi connectivity index (χ3v) is 5.00. The summed E-state index contributed by atoms with van der Waals surface area (Å²) in [6.07, 6.45) is 0. The highest BCUT2D eigenvalue weighted by atomic mass is 16.1. The summed E-state index contributed by atoms with van der Waals surface area (Å²) in [4.78, 5) is 13.9. The van der Waals surface area contributed by atoms with Crippen LogP contribution in [-0.2, 0) is 19.6 Å². The van der Waals surface area contributed by atoms with Crippen molar-refractivity contribution in [2.45, 2.75) is 19.6 Å². The first kappa shape index (κ1) is 19.8. The molecule has 0 radical (unpaired) electrons. The Bertz CT molecular complexity index is 1130. The summed E-state index contributed by atoms with van der Waals surface area (Å²) in [6.45, 7) is 2.12. The Morgan fingerprint density at radius 2 is 1.57 bits per heavy atom. The molecule has 0 bridgehead atoms. The molecule has 4 rings (SSSR count). The summed E-state index contributed by atoms with van der Waals surface area (Å²) in [5, 5.41) is 11.4. The monoisotopic (exact) mass is 400 g/mol. The number of carbonyl (C=O) groups excluding carboxylic acids is 1. The normalized spacial score (nSPS) is 11.2. The molecule has 0 fully saturated rings. The van der Waals surface area contributed by atoms with Gasteiger partial charge in [-0.05, 0) is 35.4 Å². The van der Waals surface area contributed by atoms with Crippen LogP contribution in [0.25, 0.3) is 11.0 Å². The SMILES string of the molecule is C[NH+](C)Cc1ccc(CNC(=O)c2ccc(Cn3nnc4ccccc43)cc2)cc1. The molecule has 0 aliphatic heterocycles. The Hall–Kier alpha value is -3.51. The van der Waals surface area contributed by atoms with E-state index in [-0.39, 0.29) is 5.91 Å². The number of carbonyl (C=O) groups is 1. The van der Waals surface area contributed by atoms with Crippen molar-refractivity contribution >= 4 is 16.9 Å². The second kappa shape index (κ2) is 8.88. The molecule has 0 aliphatic carbocycles. The van der Waals surface area contributed by atoms with Crippen LogP contribution in [0.1, 0.15) is 27.0 Å². The minimum Gasteiger partial charge on any atom is -0.348 e. The third-order valence-electron chi connectivity index (χ3n) is 5.00. The molecular weight excluding hydrogens is 374 g/mol. The Kier molecular flexibility index (Phi) is 5.86. The van der Waals surface area contributed by atoms with Gasteiger partial charge in [0.1, 0.15) is 12.1 Å². The van der Waals surface area contributed by atoms with E-state index in [0.29, 0.717) is 18.7 Å². The van der Waals surface area contributed by atoms with Crippen LogP contribution in [0.5, 0.6) is 0 Å². The molecule has 0 aliphatic rings. The topological polar surface area (TPSA) is 64.2 Å². The molecule has 0 saturated heterocycles. The minimum atomic E-state index is -0.0745. The number of nitrogens with zero attached hydrogens (tertiary/aromatic N) is 3. The Labute approximate surface area is 176 Å². The average molecular weight is 401 g/mol. The quantitative estimate of drug-likeness (QED) is 0.499. The van der Waals surface area contributed by atoms with Crippen LogP contribution in [0.2, 0.25) is 0 Å². The number of fused-ring (bicyclic) bond motifs is 1. The van der Waals surface area contributed by atoms with E-state index in [4.69, 9.17) is 0 Å². The molecule has 4 aromatic rings. The number of amides is 1.